The Balaban J connectivity index is 2.81. The highest BCUT2D eigenvalue weighted by Gasteiger charge is 2.20. The van der Waals surface area contributed by atoms with Crippen molar-refractivity contribution in [3.05, 3.63) is 16.1 Å². The summed E-state index contributed by atoms with van der Waals surface area (Å²) in [5.74, 6) is 1.04. The van der Waals surface area contributed by atoms with Crippen molar-refractivity contribution >= 4 is 11.3 Å². The quantitative estimate of drug-likeness (QED) is 0.737. The van der Waals surface area contributed by atoms with E-state index in [9.17, 15) is 0 Å². The number of aromatic nitrogens is 1. The highest BCUT2D eigenvalue weighted by Crippen LogP contribution is 2.30. The van der Waals surface area contributed by atoms with Gasteiger partial charge in [0.25, 0.3) is 0 Å². The Labute approximate surface area is 103 Å². The summed E-state index contributed by atoms with van der Waals surface area (Å²) in [6.45, 7) is 11.6. The molecule has 0 saturated heterocycles. The lowest BCUT2D eigenvalue weighted by molar-refractivity contribution is 0.0291. The Kier molecular flexibility index (Phi) is 5.42. The van der Waals surface area contributed by atoms with Gasteiger partial charge in [-0.15, -0.1) is 11.3 Å². The lowest BCUT2D eigenvalue weighted by atomic mass is 10.1. The molecule has 0 spiro atoms. The van der Waals surface area contributed by atoms with Gasteiger partial charge in [0, 0.05) is 12.0 Å². The molecule has 0 aliphatic rings. The molecule has 3 heteroatoms. The standard InChI is InChI=1S/C13H23NOS/c1-6-10(5)11-8-16-13(14-11)12(9(3)4)15-7-2/h8-10,12H,6-7H2,1-5H3. The minimum absolute atomic E-state index is 0.160. The van der Waals surface area contributed by atoms with E-state index < -0.39 is 0 Å². The van der Waals surface area contributed by atoms with Gasteiger partial charge >= 0.3 is 0 Å². The van der Waals surface area contributed by atoms with Gasteiger partial charge in [-0.25, -0.2) is 4.98 Å². The van der Waals surface area contributed by atoms with Crippen LogP contribution in [0.2, 0.25) is 0 Å². The Morgan fingerprint density at radius 1 is 1.31 bits per heavy atom. The third kappa shape index (κ3) is 3.29. The van der Waals surface area contributed by atoms with Gasteiger partial charge in [0.05, 0.1) is 5.69 Å². The monoisotopic (exact) mass is 241 g/mol. The largest absolute Gasteiger partial charge is 0.371 e. The molecule has 0 radical (unpaired) electrons. The molecule has 0 aromatic carbocycles. The number of hydrogen-bond acceptors (Lipinski definition) is 3. The molecule has 0 aliphatic heterocycles. The van der Waals surface area contributed by atoms with Crippen LogP contribution in [0.3, 0.4) is 0 Å². The van der Waals surface area contributed by atoms with E-state index in [2.05, 4.69) is 33.1 Å². The molecule has 2 unspecified atom stereocenters. The molecule has 0 aliphatic carbocycles. The predicted octanol–water partition coefficient (Wildman–Crippen LogP) is 4.39. The van der Waals surface area contributed by atoms with Crippen LogP contribution in [0.25, 0.3) is 0 Å². The molecular formula is C13H23NOS. The van der Waals surface area contributed by atoms with Gasteiger partial charge in [-0.2, -0.15) is 0 Å². The summed E-state index contributed by atoms with van der Waals surface area (Å²) >= 11 is 1.73. The molecule has 16 heavy (non-hydrogen) atoms. The molecule has 2 nitrogen and oxygen atoms in total. The molecule has 1 heterocycles. The fraction of sp³-hybridized carbons (Fsp3) is 0.769. The third-order valence-corrected chi connectivity index (χ3v) is 3.78. The van der Waals surface area contributed by atoms with E-state index in [0.29, 0.717) is 11.8 Å². The molecule has 0 amide bonds. The summed E-state index contributed by atoms with van der Waals surface area (Å²) in [6.07, 6.45) is 1.30. The van der Waals surface area contributed by atoms with Crippen LogP contribution < -0.4 is 0 Å². The van der Waals surface area contributed by atoms with Crippen LogP contribution in [-0.4, -0.2) is 11.6 Å². The van der Waals surface area contributed by atoms with Crippen molar-refractivity contribution in [2.24, 2.45) is 5.92 Å². The smallest absolute Gasteiger partial charge is 0.122 e. The zero-order valence-electron chi connectivity index (χ0n) is 11.0. The highest BCUT2D eigenvalue weighted by atomic mass is 32.1. The first-order chi connectivity index (χ1) is 7.60. The third-order valence-electron chi connectivity index (χ3n) is 2.85. The summed E-state index contributed by atoms with van der Waals surface area (Å²) in [6, 6.07) is 0. The van der Waals surface area contributed by atoms with Gasteiger partial charge in [0.2, 0.25) is 0 Å². The SMILES string of the molecule is CCOC(c1nc(C(C)CC)cs1)C(C)C. The minimum Gasteiger partial charge on any atom is -0.371 e. The van der Waals surface area contributed by atoms with Gasteiger partial charge in [0.1, 0.15) is 11.1 Å². The van der Waals surface area contributed by atoms with Crippen molar-refractivity contribution in [2.75, 3.05) is 6.61 Å². The van der Waals surface area contributed by atoms with Crippen molar-refractivity contribution < 1.29 is 4.74 Å². The zero-order chi connectivity index (χ0) is 12.1. The van der Waals surface area contributed by atoms with E-state index in [-0.39, 0.29) is 6.10 Å². The van der Waals surface area contributed by atoms with Crippen molar-refractivity contribution in [3.63, 3.8) is 0 Å². The normalized spacial score (nSPS) is 15.4. The highest BCUT2D eigenvalue weighted by molar-refractivity contribution is 7.09. The fourth-order valence-corrected chi connectivity index (χ4v) is 2.75. The van der Waals surface area contributed by atoms with Gasteiger partial charge in [0.15, 0.2) is 0 Å². The van der Waals surface area contributed by atoms with Crippen molar-refractivity contribution in [1.29, 1.82) is 0 Å². The summed E-state index contributed by atoms with van der Waals surface area (Å²) in [5.41, 5.74) is 1.22. The van der Waals surface area contributed by atoms with Gasteiger partial charge in [-0.3, -0.25) is 0 Å². The van der Waals surface area contributed by atoms with Crippen LogP contribution in [0.1, 0.15) is 63.8 Å². The van der Waals surface area contributed by atoms with Crippen molar-refractivity contribution in [3.8, 4) is 0 Å². The van der Waals surface area contributed by atoms with E-state index >= 15 is 0 Å². The molecule has 0 saturated carbocycles. The maximum atomic E-state index is 5.76. The molecular weight excluding hydrogens is 218 g/mol. The average molecular weight is 241 g/mol. The van der Waals surface area contributed by atoms with Gasteiger partial charge < -0.3 is 4.74 Å². The van der Waals surface area contributed by atoms with Crippen LogP contribution in [0.4, 0.5) is 0 Å². The van der Waals surface area contributed by atoms with E-state index in [4.69, 9.17) is 9.72 Å². The zero-order valence-corrected chi connectivity index (χ0v) is 11.8. The van der Waals surface area contributed by atoms with Crippen molar-refractivity contribution in [2.45, 2.75) is 53.1 Å². The van der Waals surface area contributed by atoms with Crippen LogP contribution in [0.5, 0.6) is 0 Å². The van der Waals surface area contributed by atoms with Crippen LogP contribution in [0.15, 0.2) is 5.38 Å². The predicted molar refractivity (Wildman–Crippen MR) is 70.0 cm³/mol. The second-order valence-corrected chi connectivity index (χ2v) is 5.43. The second-order valence-electron chi connectivity index (χ2n) is 4.54. The minimum atomic E-state index is 0.160. The molecule has 1 rings (SSSR count). The Hall–Kier alpha value is -0.410. The first kappa shape index (κ1) is 13.7. The summed E-state index contributed by atoms with van der Waals surface area (Å²) < 4.78 is 5.76. The molecule has 0 fully saturated rings. The molecule has 1 aromatic rings. The number of ether oxygens (including phenoxy) is 1. The molecule has 1 aromatic heterocycles. The van der Waals surface area contributed by atoms with Crippen LogP contribution >= 0.6 is 11.3 Å². The topological polar surface area (TPSA) is 22.1 Å². The van der Waals surface area contributed by atoms with E-state index in [0.717, 1.165) is 18.0 Å². The van der Waals surface area contributed by atoms with Crippen molar-refractivity contribution in [1.82, 2.24) is 4.98 Å². The molecule has 0 bridgehead atoms. The maximum Gasteiger partial charge on any atom is 0.122 e. The first-order valence-electron chi connectivity index (χ1n) is 6.17. The maximum absolute atomic E-state index is 5.76. The first-order valence-corrected chi connectivity index (χ1v) is 7.04. The molecule has 2 atom stereocenters. The van der Waals surface area contributed by atoms with E-state index in [1.165, 1.54) is 5.69 Å². The lowest BCUT2D eigenvalue weighted by Gasteiger charge is -2.18. The fourth-order valence-electron chi connectivity index (χ4n) is 1.60. The molecule has 0 N–H and O–H groups in total. The van der Waals surface area contributed by atoms with Gasteiger partial charge in [-0.05, 0) is 25.2 Å². The molecule has 92 valence electrons. The van der Waals surface area contributed by atoms with Gasteiger partial charge in [-0.1, -0.05) is 27.7 Å². The van der Waals surface area contributed by atoms with E-state index in [1.807, 2.05) is 6.92 Å². The average Bonchev–Trinajstić information content (AvgIpc) is 2.73. The van der Waals surface area contributed by atoms with Crippen LogP contribution in [-0.2, 0) is 4.74 Å². The number of hydrogen-bond donors (Lipinski definition) is 0. The summed E-state index contributed by atoms with van der Waals surface area (Å²) in [7, 11) is 0. The second kappa shape index (κ2) is 6.36. The Bertz CT molecular complexity index is 309. The summed E-state index contributed by atoms with van der Waals surface area (Å²) in [5, 5.41) is 3.31. The van der Waals surface area contributed by atoms with E-state index in [1.54, 1.807) is 11.3 Å². The Morgan fingerprint density at radius 3 is 2.50 bits per heavy atom. The number of rotatable bonds is 6. The lowest BCUT2D eigenvalue weighted by Crippen LogP contribution is -2.11. The number of thiazole rings is 1. The van der Waals surface area contributed by atoms with Crippen LogP contribution in [0, 0.1) is 5.92 Å². The Morgan fingerprint density at radius 2 is 2.00 bits per heavy atom. The number of nitrogens with zero attached hydrogens (tertiary/aromatic N) is 1. The summed E-state index contributed by atoms with van der Waals surface area (Å²) in [4.78, 5) is 4.71.